The number of fused-ring (bicyclic) bond motifs is 4. The van der Waals surface area contributed by atoms with E-state index < -0.39 is 8.07 Å². The van der Waals surface area contributed by atoms with Crippen molar-refractivity contribution in [1.29, 1.82) is 0 Å². The number of aromatic nitrogens is 4. The molecule has 4 aromatic carbocycles. The molecule has 8 heteroatoms. The van der Waals surface area contributed by atoms with Gasteiger partial charge < -0.3 is 14.0 Å². The van der Waals surface area contributed by atoms with Crippen LogP contribution in [0.15, 0.2) is 95.7 Å². The van der Waals surface area contributed by atoms with Crippen molar-refractivity contribution in [3.63, 3.8) is 0 Å². The Morgan fingerprint density at radius 2 is 1.57 bits per heavy atom. The zero-order valence-corrected chi connectivity index (χ0v) is 37.3. The van der Waals surface area contributed by atoms with Gasteiger partial charge in [-0.15, -0.1) is 48.0 Å². The molecule has 4 aromatic heterocycles. The van der Waals surface area contributed by atoms with Crippen LogP contribution in [0.5, 0.6) is 0 Å². The molecule has 0 bridgehead atoms. The Balaban J connectivity index is 0.000000217. The van der Waals surface area contributed by atoms with Crippen molar-refractivity contribution in [3.05, 3.63) is 137 Å². The Bertz CT molecular complexity index is 2650. The number of imidazole rings is 1. The molecule has 0 unspecified atom stereocenters. The second-order valence-corrected chi connectivity index (χ2v) is 21.5. The van der Waals surface area contributed by atoms with E-state index in [2.05, 4.69) is 131 Å². The van der Waals surface area contributed by atoms with E-state index in [1.807, 2.05) is 42.5 Å². The maximum absolute atomic E-state index is 15.2. The average Bonchev–Trinajstić information content (AvgIpc) is 3.71. The molecule has 0 saturated heterocycles. The third kappa shape index (κ3) is 8.06. The minimum atomic E-state index is -1.34. The number of rotatable bonds is 7. The van der Waals surface area contributed by atoms with Crippen LogP contribution in [0.4, 0.5) is 4.39 Å². The molecule has 8 aromatic rings. The van der Waals surface area contributed by atoms with Crippen molar-refractivity contribution in [1.82, 2.24) is 19.5 Å². The monoisotopic (exact) mass is 937 g/mol. The topological polar surface area (TPSA) is 56.7 Å². The zero-order valence-electron chi connectivity index (χ0n) is 33.9. The molecule has 8 rings (SSSR count). The van der Waals surface area contributed by atoms with Gasteiger partial charge in [0.15, 0.2) is 0 Å². The smallest absolute Gasteiger partial charge is 0.124 e. The second kappa shape index (κ2) is 16.4. The molecule has 289 valence electrons. The maximum Gasteiger partial charge on any atom is 0.124 e. The summed E-state index contributed by atoms with van der Waals surface area (Å²) in [5, 5.41) is 2.56. The van der Waals surface area contributed by atoms with Gasteiger partial charge in [-0.3, -0.25) is 14.4 Å². The molecule has 56 heavy (non-hydrogen) atoms. The average molecular weight is 937 g/mol. The first-order valence-corrected chi connectivity index (χ1v) is 22.7. The number of pyridine rings is 2. The number of benzene rings is 4. The van der Waals surface area contributed by atoms with Gasteiger partial charge in [0.2, 0.25) is 0 Å². The minimum Gasteiger partial charge on any atom is -0.500 e. The van der Waals surface area contributed by atoms with Crippen LogP contribution in [0.25, 0.3) is 61.3 Å². The Morgan fingerprint density at radius 3 is 2.23 bits per heavy atom. The van der Waals surface area contributed by atoms with Crippen molar-refractivity contribution in [3.8, 4) is 28.3 Å². The standard InChI is InChI=1S/C30H25FN3O.C18H24NSi.Ir/c1-16(2)24-14-26-21(15-32-24)27-22(31)11-10-20(29(27)35-26)30-33-23-8-6-7-9-25(23)34(30)28-18(4)12-17(3)13-19(28)5;1-14(2)11-16-12-17(15-9-7-6-8-10-15)19-13-18(16)20(3,4)5;/h6-9,11-16H,1-5H3;6-9,12-14H,11H2,1-5H3;/q2*-1;. The third-order valence-electron chi connectivity index (χ3n) is 10.1. The van der Waals surface area contributed by atoms with Gasteiger partial charge in [-0.05, 0) is 78.6 Å². The van der Waals surface area contributed by atoms with Crippen molar-refractivity contribution in [2.75, 3.05) is 0 Å². The number of hydrogen-bond acceptors (Lipinski definition) is 4. The number of nitrogens with zero attached hydrogens (tertiary/aromatic N) is 4. The first-order valence-electron chi connectivity index (χ1n) is 19.2. The summed E-state index contributed by atoms with van der Waals surface area (Å²) in [5.41, 5.74) is 12.5. The van der Waals surface area contributed by atoms with Crippen molar-refractivity contribution in [2.24, 2.45) is 5.92 Å². The Kier molecular flexibility index (Phi) is 12.0. The van der Waals surface area contributed by atoms with Crippen molar-refractivity contribution < 1.29 is 28.9 Å². The van der Waals surface area contributed by atoms with E-state index in [0.29, 0.717) is 39.2 Å². The van der Waals surface area contributed by atoms with Gasteiger partial charge in [0, 0.05) is 61.2 Å². The van der Waals surface area contributed by atoms with E-state index in [1.54, 1.807) is 6.20 Å². The summed E-state index contributed by atoms with van der Waals surface area (Å²) in [4.78, 5) is 14.2. The molecule has 4 heterocycles. The van der Waals surface area contributed by atoms with Crippen LogP contribution < -0.4 is 5.19 Å². The fourth-order valence-electron chi connectivity index (χ4n) is 7.60. The van der Waals surface area contributed by atoms with Gasteiger partial charge >= 0.3 is 0 Å². The molecule has 0 amide bonds. The number of hydrogen-bond donors (Lipinski definition) is 0. The molecule has 1 radical (unpaired) electrons. The van der Waals surface area contributed by atoms with E-state index in [4.69, 9.17) is 9.40 Å². The zero-order chi connectivity index (χ0) is 39.2. The van der Waals surface area contributed by atoms with E-state index in [9.17, 15) is 0 Å². The van der Waals surface area contributed by atoms with Gasteiger partial charge in [-0.1, -0.05) is 94.4 Å². The fourth-order valence-corrected chi connectivity index (χ4v) is 9.19. The first-order chi connectivity index (χ1) is 26.2. The normalized spacial score (nSPS) is 11.7. The summed E-state index contributed by atoms with van der Waals surface area (Å²) in [6, 6.07) is 32.4. The Morgan fingerprint density at radius 1 is 0.857 bits per heavy atom. The first kappa shape index (κ1) is 40.9. The van der Waals surface area contributed by atoms with Crippen LogP contribution in [0.3, 0.4) is 0 Å². The van der Waals surface area contributed by atoms with E-state index >= 15 is 4.39 Å². The van der Waals surface area contributed by atoms with Crippen LogP contribution in [-0.4, -0.2) is 27.6 Å². The Hall–Kier alpha value is -4.75. The summed E-state index contributed by atoms with van der Waals surface area (Å²) >= 11 is 0. The van der Waals surface area contributed by atoms with Gasteiger partial charge in [-0.25, -0.2) is 0 Å². The van der Waals surface area contributed by atoms with Gasteiger partial charge in [-0.2, -0.15) is 0 Å². The number of aryl methyl sites for hydroxylation is 3. The van der Waals surface area contributed by atoms with Gasteiger partial charge in [0.05, 0.1) is 30.5 Å². The van der Waals surface area contributed by atoms with E-state index in [0.717, 1.165) is 51.2 Å². The van der Waals surface area contributed by atoms with Crippen molar-refractivity contribution in [2.45, 2.75) is 80.4 Å². The summed E-state index contributed by atoms with van der Waals surface area (Å²) < 4.78 is 23.6. The molecule has 5 nitrogen and oxygen atoms in total. The Labute approximate surface area is 344 Å². The van der Waals surface area contributed by atoms with Crippen LogP contribution in [0.1, 0.15) is 61.6 Å². The predicted molar refractivity (Wildman–Crippen MR) is 229 cm³/mol. The molecule has 0 saturated carbocycles. The van der Waals surface area contributed by atoms with Gasteiger partial charge in [0.1, 0.15) is 5.58 Å². The SMILES string of the molecule is CC(C)Cc1cc(-c2[c-]cccc2)ncc1[Si](C)(C)C.Cc1cc(C)c(-n2c(-c3[c-]cc(F)c4c3oc3cc(C(C)C)ncc34)nc3ccccc32)c(C)c1.[Ir]. The van der Waals surface area contributed by atoms with Crippen LogP contribution in [0.2, 0.25) is 19.6 Å². The largest absolute Gasteiger partial charge is 0.500 e. The quantitative estimate of drug-likeness (QED) is 0.118. The summed E-state index contributed by atoms with van der Waals surface area (Å²) in [6.07, 6.45) is 4.95. The summed E-state index contributed by atoms with van der Waals surface area (Å²) in [5.74, 6) is 1.19. The molecule has 0 aliphatic rings. The molecule has 0 spiro atoms. The number of para-hydroxylation sites is 2. The fraction of sp³-hybridized carbons (Fsp3) is 0.271. The van der Waals surface area contributed by atoms with Crippen LogP contribution >= 0.6 is 0 Å². The number of halogens is 1. The maximum atomic E-state index is 15.2. The molecule has 0 fully saturated rings. The molecule has 0 aliphatic heterocycles. The predicted octanol–water partition coefficient (Wildman–Crippen LogP) is 12.3. The molecule has 0 N–H and O–H groups in total. The minimum absolute atomic E-state index is 0. The molecular weight excluding hydrogens is 888 g/mol. The summed E-state index contributed by atoms with van der Waals surface area (Å²) in [6.45, 7) is 22.2. The second-order valence-electron chi connectivity index (χ2n) is 16.4. The van der Waals surface area contributed by atoms with Gasteiger partial charge in [0.25, 0.3) is 0 Å². The molecule has 0 aliphatic carbocycles. The summed E-state index contributed by atoms with van der Waals surface area (Å²) in [7, 11) is -1.34. The van der Waals surface area contributed by atoms with Crippen molar-refractivity contribution >= 4 is 46.2 Å². The third-order valence-corrected chi connectivity index (χ3v) is 12.1. The molecular formula is C48H49FIrN4OSi-2. The number of furan rings is 1. The van der Waals surface area contributed by atoms with Crippen LogP contribution in [-0.2, 0) is 26.5 Å². The van der Waals surface area contributed by atoms with E-state index in [1.165, 1.54) is 22.4 Å². The van der Waals surface area contributed by atoms with Crippen LogP contribution in [0, 0.1) is 44.6 Å². The van der Waals surface area contributed by atoms with E-state index in [-0.39, 0.29) is 31.8 Å². The molecule has 0 atom stereocenters.